The average Bonchev–Trinajstić information content (AvgIpc) is 2.65. The smallest absolute Gasteiger partial charge is 0.255 e. The predicted molar refractivity (Wildman–Crippen MR) is 82.5 cm³/mol. The molecule has 4 N–H and O–H groups in total. The normalized spacial score (nSPS) is 10.8. The fourth-order valence-electron chi connectivity index (χ4n) is 2.46. The lowest BCUT2D eigenvalue weighted by atomic mass is 10.1. The molecule has 0 fully saturated rings. The number of carbonyl (C=O) groups is 1. The van der Waals surface area contributed by atoms with Gasteiger partial charge in [-0.1, -0.05) is 17.7 Å². The molecule has 0 bridgehead atoms. The second-order valence-electron chi connectivity index (χ2n) is 4.79. The van der Waals surface area contributed by atoms with Crippen LogP contribution in [0, 0.1) is 20.8 Å². The minimum atomic E-state index is -0.555. The second kappa shape index (κ2) is 5.20. The van der Waals surface area contributed by atoms with Gasteiger partial charge < -0.3 is 11.5 Å². The summed E-state index contributed by atoms with van der Waals surface area (Å²) in [6.45, 7) is 6.04. The highest BCUT2D eigenvalue weighted by Crippen LogP contribution is 2.30. The standard InChI is InChI=1S/C14H18N4OS/c1-7-5-8(2)11(9(3)6-7)18-12(15)10(13(16)19)14(17-18)20-4/h5-6H,15H2,1-4H3,(H2,16,19). The van der Waals surface area contributed by atoms with Crippen molar-refractivity contribution in [1.29, 1.82) is 0 Å². The van der Waals surface area contributed by atoms with E-state index in [9.17, 15) is 4.79 Å². The van der Waals surface area contributed by atoms with Crippen molar-refractivity contribution in [2.45, 2.75) is 25.8 Å². The van der Waals surface area contributed by atoms with Crippen LogP contribution in [0.25, 0.3) is 5.69 Å². The number of nitrogens with two attached hydrogens (primary N) is 2. The summed E-state index contributed by atoms with van der Waals surface area (Å²) in [4.78, 5) is 11.5. The minimum absolute atomic E-state index is 0.289. The van der Waals surface area contributed by atoms with E-state index in [4.69, 9.17) is 11.5 Å². The van der Waals surface area contributed by atoms with Crippen LogP contribution in [0.5, 0.6) is 0 Å². The fraction of sp³-hybridized carbons (Fsp3) is 0.286. The van der Waals surface area contributed by atoms with E-state index >= 15 is 0 Å². The van der Waals surface area contributed by atoms with Crippen molar-refractivity contribution in [3.63, 3.8) is 0 Å². The van der Waals surface area contributed by atoms with Crippen LogP contribution in [-0.4, -0.2) is 21.9 Å². The molecule has 20 heavy (non-hydrogen) atoms. The Kier molecular flexibility index (Phi) is 3.76. The quantitative estimate of drug-likeness (QED) is 0.848. The molecule has 0 aliphatic rings. The summed E-state index contributed by atoms with van der Waals surface area (Å²) in [5, 5.41) is 4.98. The summed E-state index contributed by atoms with van der Waals surface area (Å²) in [6, 6.07) is 4.12. The number of amides is 1. The number of aromatic nitrogens is 2. The number of benzene rings is 1. The molecule has 0 unspecified atom stereocenters. The maximum Gasteiger partial charge on any atom is 0.255 e. The Balaban J connectivity index is 2.75. The van der Waals surface area contributed by atoms with Crippen LogP contribution in [0.15, 0.2) is 17.2 Å². The van der Waals surface area contributed by atoms with Crippen molar-refractivity contribution in [2.24, 2.45) is 5.73 Å². The molecule has 1 heterocycles. The molecular formula is C14H18N4OS. The van der Waals surface area contributed by atoms with E-state index in [2.05, 4.69) is 17.2 Å². The van der Waals surface area contributed by atoms with Crippen molar-refractivity contribution in [1.82, 2.24) is 9.78 Å². The van der Waals surface area contributed by atoms with Crippen LogP contribution in [0.3, 0.4) is 0 Å². The van der Waals surface area contributed by atoms with Crippen LogP contribution in [-0.2, 0) is 0 Å². The third-order valence-electron chi connectivity index (χ3n) is 3.18. The number of primary amides is 1. The molecule has 2 rings (SSSR count). The van der Waals surface area contributed by atoms with Gasteiger partial charge in [0.25, 0.3) is 5.91 Å². The van der Waals surface area contributed by atoms with E-state index in [1.54, 1.807) is 4.68 Å². The first kappa shape index (κ1) is 14.5. The monoisotopic (exact) mass is 290 g/mol. The van der Waals surface area contributed by atoms with Crippen LogP contribution in [0.4, 0.5) is 5.82 Å². The summed E-state index contributed by atoms with van der Waals surface area (Å²) in [5.41, 5.74) is 15.9. The maximum atomic E-state index is 11.5. The van der Waals surface area contributed by atoms with Crippen LogP contribution >= 0.6 is 11.8 Å². The lowest BCUT2D eigenvalue weighted by molar-refractivity contribution is 0.0998. The molecule has 0 atom stereocenters. The zero-order chi connectivity index (χ0) is 15.0. The van der Waals surface area contributed by atoms with Crippen LogP contribution in [0.2, 0.25) is 0 Å². The van der Waals surface area contributed by atoms with E-state index in [-0.39, 0.29) is 11.4 Å². The summed E-state index contributed by atoms with van der Waals surface area (Å²) in [6.07, 6.45) is 1.84. The van der Waals surface area contributed by atoms with Gasteiger partial charge in [-0.05, 0) is 38.2 Å². The highest BCUT2D eigenvalue weighted by Gasteiger charge is 2.22. The van der Waals surface area contributed by atoms with Crippen molar-refractivity contribution in [2.75, 3.05) is 12.0 Å². The van der Waals surface area contributed by atoms with Gasteiger partial charge in [0.15, 0.2) is 0 Å². The summed E-state index contributed by atoms with van der Waals surface area (Å²) in [5.74, 6) is -0.266. The maximum absolute atomic E-state index is 11.5. The highest BCUT2D eigenvalue weighted by molar-refractivity contribution is 7.98. The Labute approximate surface area is 122 Å². The van der Waals surface area contributed by atoms with Gasteiger partial charge in [0.1, 0.15) is 16.4 Å². The predicted octanol–water partition coefficient (Wildman–Crippen LogP) is 2.20. The molecule has 106 valence electrons. The van der Waals surface area contributed by atoms with Gasteiger partial charge in [0.05, 0.1) is 5.69 Å². The Morgan fingerprint density at radius 1 is 1.25 bits per heavy atom. The fourth-order valence-corrected chi connectivity index (χ4v) is 3.03. The van der Waals surface area contributed by atoms with Gasteiger partial charge in [-0.25, -0.2) is 4.68 Å². The molecule has 0 saturated carbocycles. The molecule has 0 aliphatic carbocycles. The molecule has 0 saturated heterocycles. The Morgan fingerprint density at radius 2 is 1.80 bits per heavy atom. The molecule has 1 aromatic carbocycles. The van der Waals surface area contributed by atoms with Crippen molar-refractivity contribution >= 4 is 23.5 Å². The SMILES string of the molecule is CSc1nn(-c2c(C)cc(C)cc2C)c(N)c1C(N)=O. The van der Waals surface area contributed by atoms with Crippen molar-refractivity contribution in [3.8, 4) is 5.69 Å². The lowest BCUT2D eigenvalue weighted by Gasteiger charge is -2.12. The van der Waals surface area contributed by atoms with Gasteiger partial charge in [0, 0.05) is 0 Å². The molecule has 0 radical (unpaired) electrons. The zero-order valence-electron chi connectivity index (χ0n) is 12.0. The number of thioether (sulfide) groups is 1. The average molecular weight is 290 g/mol. The Morgan fingerprint density at radius 3 is 2.20 bits per heavy atom. The summed E-state index contributed by atoms with van der Waals surface area (Å²) >= 11 is 1.36. The third-order valence-corrected chi connectivity index (χ3v) is 3.85. The number of anilines is 1. The van der Waals surface area contributed by atoms with Crippen molar-refractivity contribution in [3.05, 3.63) is 34.4 Å². The molecule has 2 aromatic rings. The topological polar surface area (TPSA) is 86.9 Å². The minimum Gasteiger partial charge on any atom is -0.383 e. The first-order valence-electron chi connectivity index (χ1n) is 6.17. The lowest BCUT2D eigenvalue weighted by Crippen LogP contribution is -2.14. The number of carbonyl (C=O) groups excluding carboxylic acids is 1. The molecule has 6 heteroatoms. The zero-order valence-corrected chi connectivity index (χ0v) is 12.8. The van der Waals surface area contributed by atoms with E-state index in [0.717, 1.165) is 16.8 Å². The first-order valence-corrected chi connectivity index (χ1v) is 7.39. The van der Waals surface area contributed by atoms with Gasteiger partial charge in [0.2, 0.25) is 0 Å². The van der Waals surface area contributed by atoms with Gasteiger partial charge in [-0.2, -0.15) is 5.10 Å². The summed E-state index contributed by atoms with van der Waals surface area (Å²) in [7, 11) is 0. The van der Waals surface area contributed by atoms with E-state index in [1.807, 2.05) is 27.0 Å². The second-order valence-corrected chi connectivity index (χ2v) is 5.59. The molecule has 0 spiro atoms. The number of hydrogen-bond donors (Lipinski definition) is 2. The van der Waals surface area contributed by atoms with Crippen LogP contribution < -0.4 is 11.5 Å². The Bertz CT molecular complexity index is 668. The largest absolute Gasteiger partial charge is 0.383 e. The van der Waals surface area contributed by atoms with E-state index < -0.39 is 5.91 Å². The first-order chi connectivity index (χ1) is 9.36. The van der Waals surface area contributed by atoms with Gasteiger partial charge >= 0.3 is 0 Å². The molecule has 1 amide bonds. The number of nitrogen functional groups attached to an aromatic ring is 1. The number of hydrogen-bond acceptors (Lipinski definition) is 4. The van der Waals surface area contributed by atoms with Crippen molar-refractivity contribution < 1.29 is 4.79 Å². The molecule has 5 nitrogen and oxygen atoms in total. The van der Waals surface area contributed by atoms with E-state index in [0.29, 0.717) is 5.03 Å². The molecule has 0 aliphatic heterocycles. The highest BCUT2D eigenvalue weighted by atomic mass is 32.2. The van der Waals surface area contributed by atoms with E-state index in [1.165, 1.54) is 17.3 Å². The number of rotatable bonds is 3. The van der Waals surface area contributed by atoms with Gasteiger partial charge in [-0.15, -0.1) is 11.8 Å². The third kappa shape index (κ3) is 2.27. The molecule has 1 aromatic heterocycles. The van der Waals surface area contributed by atoms with Gasteiger partial charge in [-0.3, -0.25) is 4.79 Å². The summed E-state index contributed by atoms with van der Waals surface area (Å²) < 4.78 is 1.61. The Hall–Kier alpha value is -1.95. The van der Waals surface area contributed by atoms with Crippen LogP contribution in [0.1, 0.15) is 27.0 Å². The number of aryl methyl sites for hydroxylation is 3. The number of nitrogens with zero attached hydrogens (tertiary/aromatic N) is 2. The molecular weight excluding hydrogens is 272 g/mol.